The molecule has 4 rings (SSSR count). The summed E-state index contributed by atoms with van der Waals surface area (Å²) >= 11 is 1.34. The number of carbonyl (C=O) groups excluding carboxylic acids is 1. The molecule has 0 aliphatic rings. The summed E-state index contributed by atoms with van der Waals surface area (Å²) in [5, 5.41) is 8.52. The fourth-order valence-corrected chi connectivity index (χ4v) is 3.59. The summed E-state index contributed by atoms with van der Waals surface area (Å²) in [6.07, 6.45) is 0. The van der Waals surface area contributed by atoms with Gasteiger partial charge in [0.15, 0.2) is 5.82 Å². The Morgan fingerprint density at radius 2 is 1.88 bits per heavy atom. The minimum absolute atomic E-state index is 0.171. The molecular weight excluding hydrogens is 344 g/mol. The lowest BCUT2D eigenvalue weighted by Gasteiger charge is -2.04. The van der Waals surface area contributed by atoms with Gasteiger partial charge >= 0.3 is 0 Å². The number of hydrogen-bond donors (Lipinski definition) is 1. The van der Waals surface area contributed by atoms with Crippen molar-refractivity contribution < 1.29 is 4.79 Å². The number of para-hydroxylation sites is 1. The minimum atomic E-state index is -0.171. The summed E-state index contributed by atoms with van der Waals surface area (Å²) in [7, 11) is 0. The lowest BCUT2D eigenvalue weighted by molar-refractivity contribution is 0.102. The highest BCUT2D eigenvalue weighted by atomic mass is 32.1. The van der Waals surface area contributed by atoms with Crippen LogP contribution in [0.15, 0.2) is 54.0 Å². The molecule has 0 aliphatic carbocycles. The molecule has 6 heteroatoms. The molecule has 2 aromatic carbocycles. The maximum Gasteiger partial charge on any atom is 0.268 e. The number of fused-ring (bicyclic) bond motifs is 1. The third-order valence-electron chi connectivity index (χ3n) is 4.29. The quantitative estimate of drug-likeness (QED) is 0.585. The van der Waals surface area contributed by atoms with E-state index in [1.54, 1.807) is 5.51 Å². The van der Waals surface area contributed by atoms with Crippen molar-refractivity contribution in [2.45, 2.75) is 20.4 Å². The number of aryl methyl sites for hydroxylation is 2. The number of aromatic nitrogens is 3. The molecule has 130 valence electrons. The summed E-state index contributed by atoms with van der Waals surface area (Å²) in [4.78, 5) is 17.3. The molecule has 1 amide bonds. The average molecular weight is 362 g/mol. The molecule has 4 aromatic rings. The molecule has 0 spiro atoms. The van der Waals surface area contributed by atoms with E-state index in [2.05, 4.69) is 46.6 Å². The van der Waals surface area contributed by atoms with Crippen LogP contribution >= 0.6 is 11.3 Å². The third kappa shape index (κ3) is 3.11. The number of thiazole rings is 1. The molecule has 0 fully saturated rings. The van der Waals surface area contributed by atoms with Crippen molar-refractivity contribution in [3.05, 3.63) is 75.7 Å². The number of amides is 1. The van der Waals surface area contributed by atoms with Gasteiger partial charge in [-0.05, 0) is 31.5 Å². The fraction of sp³-hybridized carbons (Fsp3) is 0.150. The van der Waals surface area contributed by atoms with Crippen molar-refractivity contribution in [3.8, 4) is 0 Å². The number of nitrogens with one attached hydrogen (secondary N) is 1. The summed E-state index contributed by atoms with van der Waals surface area (Å²) in [6, 6.07) is 16.3. The van der Waals surface area contributed by atoms with Gasteiger partial charge in [-0.15, -0.1) is 11.3 Å². The van der Waals surface area contributed by atoms with Gasteiger partial charge in [-0.3, -0.25) is 9.48 Å². The number of rotatable bonds is 4. The molecule has 1 N–H and O–H groups in total. The summed E-state index contributed by atoms with van der Waals surface area (Å²) in [5.41, 5.74) is 5.80. The minimum Gasteiger partial charge on any atom is -0.304 e. The van der Waals surface area contributed by atoms with Crippen molar-refractivity contribution >= 4 is 34.0 Å². The lowest BCUT2D eigenvalue weighted by Crippen LogP contribution is -2.12. The van der Waals surface area contributed by atoms with Gasteiger partial charge in [-0.25, -0.2) is 4.98 Å². The van der Waals surface area contributed by atoms with E-state index in [-0.39, 0.29) is 5.91 Å². The van der Waals surface area contributed by atoms with E-state index in [0.717, 1.165) is 16.6 Å². The van der Waals surface area contributed by atoms with Crippen LogP contribution in [0.25, 0.3) is 10.9 Å². The second kappa shape index (κ2) is 6.72. The van der Waals surface area contributed by atoms with Crippen LogP contribution in [0.1, 0.15) is 26.5 Å². The standard InChI is InChI=1S/C20H18N4OS/c1-13-7-9-15(10-8-13)11-24-17-6-4-3-5-16(17)19(23-24)22-20(25)18-14(2)21-12-26-18/h3-10,12H,11H2,1-2H3,(H,22,23,25). The van der Waals surface area contributed by atoms with Gasteiger partial charge < -0.3 is 5.32 Å². The second-order valence-electron chi connectivity index (χ2n) is 6.23. The van der Waals surface area contributed by atoms with Crippen LogP contribution in [-0.2, 0) is 6.54 Å². The van der Waals surface area contributed by atoms with Gasteiger partial charge in [-0.1, -0.05) is 42.0 Å². The average Bonchev–Trinajstić information content (AvgIpc) is 3.22. The number of carbonyl (C=O) groups is 1. The molecule has 0 bridgehead atoms. The monoisotopic (exact) mass is 362 g/mol. The SMILES string of the molecule is Cc1ccc(Cn2nc(NC(=O)c3scnc3C)c3ccccc32)cc1. The van der Waals surface area contributed by atoms with Gasteiger partial charge in [0.05, 0.1) is 23.3 Å². The Hall–Kier alpha value is -2.99. The topological polar surface area (TPSA) is 59.8 Å². The van der Waals surface area contributed by atoms with E-state index in [1.165, 1.54) is 22.5 Å². The van der Waals surface area contributed by atoms with E-state index in [9.17, 15) is 4.79 Å². The molecular formula is C20H18N4OS. The number of anilines is 1. The first-order valence-corrected chi connectivity index (χ1v) is 9.22. The first-order valence-electron chi connectivity index (χ1n) is 8.34. The summed E-state index contributed by atoms with van der Waals surface area (Å²) in [5.74, 6) is 0.404. The zero-order valence-electron chi connectivity index (χ0n) is 14.6. The molecule has 0 saturated carbocycles. The summed E-state index contributed by atoms with van der Waals surface area (Å²) < 4.78 is 1.93. The van der Waals surface area contributed by atoms with E-state index in [1.807, 2.05) is 35.9 Å². The first-order chi connectivity index (χ1) is 12.6. The molecule has 2 aromatic heterocycles. The normalized spacial score (nSPS) is 11.0. The lowest BCUT2D eigenvalue weighted by atomic mass is 10.1. The van der Waals surface area contributed by atoms with Gasteiger partial charge in [-0.2, -0.15) is 5.10 Å². The smallest absolute Gasteiger partial charge is 0.268 e. The van der Waals surface area contributed by atoms with Crippen molar-refractivity contribution in [2.75, 3.05) is 5.32 Å². The Morgan fingerprint density at radius 1 is 1.12 bits per heavy atom. The molecule has 0 atom stereocenters. The fourth-order valence-electron chi connectivity index (χ4n) is 2.89. The van der Waals surface area contributed by atoms with Crippen LogP contribution in [0.5, 0.6) is 0 Å². The third-order valence-corrected chi connectivity index (χ3v) is 5.22. The van der Waals surface area contributed by atoms with Gasteiger partial charge in [0.2, 0.25) is 0 Å². The highest BCUT2D eigenvalue weighted by Crippen LogP contribution is 2.25. The van der Waals surface area contributed by atoms with Crippen LogP contribution in [-0.4, -0.2) is 20.7 Å². The molecule has 0 saturated heterocycles. The Labute approximate surface area is 155 Å². The number of hydrogen-bond acceptors (Lipinski definition) is 4. The molecule has 0 unspecified atom stereocenters. The first kappa shape index (κ1) is 16.5. The number of nitrogens with zero attached hydrogens (tertiary/aromatic N) is 3. The van der Waals surface area contributed by atoms with Crippen LogP contribution in [0, 0.1) is 13.8 Å². The zero-order chi connectivity index (χ0) is 18.1. The molecule has 26 heavy (non-hydrogen) atoms. The van der Waals surface area contributed by atoms with Gasteiger partial charge in [0.25, 0.3) is 5.91 Å². The Balaban J connectivity index is 1.68. The number of benzene rings is 2. The molecule has 0 radical (unpaired) electrons. The van der Waals surface area contributed by atoms with E-state index in [0.29, 0.717) is 17.2 Å². The van der Waals surface area contributed by atoms with E-state index in [4.69, 9.17) is 0 Å². The van der Waals surface area contributed by atoms with Crippen molar-refractivity contribution in [1.29, 1.82) is 0 Å². The Bertz CT molecular complexity index is 1080. The molecule has 5 nitrogen and oxygen atoms in total. The Kier molecular flexibility index (Phi) is 4.26. The molecule has 2 heterocycles. The van der Waals surface area contributed by atoms with Crippen LogP contribution in [0.3, 0.4) is 0 Å². The summed E-state index contributed by atoms with van der Waals surface area (Å²) in [6.45, 7) is 4.55. The predicted molar refractivity (Wildman–Crippen MR) is 105 cm³/mol. The van der Waals surface area contributed by atoms with Crippen molar-refractivity contribution in [3.63, 3.8) is 0 Å². The van der Waals surface area contributed by atoms with Crippen LogP contribution in [0.2, 0.25) is 0 Å². The highest BCUT2D eigenvalue weighted by molar-refractivity contribution is 7.12. The maximum absolute atomic E-state index is 12.6. The zero-order valence-corrected chi connectivity index (χ0v) is 15.4. The van der Waals surface area contributed by atoms with Crippen molar-refractivity contribution in [1.82, 2.24) is 14.8 Å². The van der Waals surface area contributed by atoms with Crippen LogP contribution in [0.4, 0.5) is 5.82 Å². The highest BCUT2D eigenvalue weighted by Gasteiger charge is 2.16. The van der Waals surface area contributed by atoms with Crippen LogP contribution < -0.4 is 5.32 Å². The second-order valence-corrected chi connectivity index (χ2v) is 7.08. The Morgan fingerprint density at radius 3 is 2.62 bits per heavy atom. The maximum atomic E-state index is 12.6. The predicted octanol–water partition coefficient (Wildman–Crippen LogP) is 4.41. The van der Waals surface area contributed by atoms with Gasteiger partial charge in [0, 0.05) is 5.39 Å². The van der Waals surface area contributed by atoms with Gasteiger partial charge in [0.1, 0.15) is 4.88 Å². The largest absolute Gasteiger partial charge is 0.304 e. The van der Waals surface area contributed by atoms with Crippen molar-refractivity contribution in [2.24, 2.45) is 0 Å². The molecule has 0 aliphatic heterocycles. The van der Waals surface area contributed by atoms with E-state index >= 15 is 0 Å². The van der Waals surface area contributed by atoms with E-state index < -0.39 is 0 Å².